The number of carbonyl (C=O) groups excluding carboxylic acids is 1. The molecule has 0 bridgehead atoms. The van der Waals surface area contributed by atoms with Crippen LogP contribution in [-0.2, 0) is 19.6 Å². The minimum atomic E-state index is -3.69. The lowest BCUT2D eigenvalue weighted by atomic mass is 9.97. The van der Waals surface area contributed by atoms with E-state index < -0.39 is 10.0 Å². The first kappa shape index (κ1) is 20.7. The molecule has 9 heteroatoms. The summed E-state index contributed by atoms with van der Waals surface area (Å²) in [6, 6.07) is 13.8. The predicted octanol–water partition coefficient (Wildman–Crippen LogP) is 3.12. The average Bonchev–Trinajstić information content (AvgIpc) is 3.03. The summed E-state index contributed by atoms with van der Waals surface area (Å²) < 4.78 is 39.5. The zero-order chi connectivity index (χ0) is 21.1. The van der Waals surface area contributed by atoms with Gasteiger partial charge in [-0.15, -0.1) is 4.40 Å². The molecule has 4 rings (SSSR count). The Morgan fingerprint density at radius 2 is 1.90 bits per heavy atom. The second-order valence-corrected chi connectivity index (χ2v) is 9.10. The minimum absolute atomic E-state index is 0.110. The van der Waals surface area contributed by atoms with E-state index in [1.165, 1.54) is 0 Å². The van der Waals surface area contributed by atoms with Crippen LogP contribution in [0.3, 0.4) is 0 Å². The molecular weight excluding hydrogens is 428 g/mol. The number of sulfonamides is 1. The van der Waals surface area contributed by atoms with Gasteiger partial charge in [-0.25, -0.2) is 0 Å². The summed E-state index contributed by atoms with van der Waals surface area (Å²) in [6.07, 6.45) is 1.43. The van der Waals surface area contributed by atoms with Crippen LogP contribution < -0.4 is 4.74 Å². The average molecular weight is 449 g/mol. The number of hydrogen-bond acceptors (Lipinski definition) is 6. The molecule has 30 heavy (non-hydrogen) atoms. The summed E-state index contributed by atoms with van der Waals surface area (Å²) >= 11 is 6.03. The van der Waals surface area contributed by atoms with Crippen LogP contribution in [0.15, 0.2) is 57.8 Å². The Labute approximate surface area is 180 Å². The van der Waals surface area contributed by atoms with Crippen molar-refractivity contribution in [2.45, 2.75) is 17.7 Å². The number of piperidine rings is 1. The van der Waals surface area contributed by atoms with Crippen molar-refractivity contribution in [1.82, 2.24) is 4.90 Å². The highest BCUT2D eigenvalue weighted by molar-refractivity contribution is 7.90. The quantitative estimate of drug-likeness (QED) is 0.516. The van der Waals surface area contributed by atoms with Gasteiger partial charge in [0.1, 0.15) is 23.9 Å². The molecule has 158 valence electrons. The zero-order valence-corrected chi connectivity index (χ0v) is 17.7. The summed E-state index contributed by atoms with van der Waals surface area (Å²) in [7, 11) is -3.69. The molecule has 0 amide bonds. The van der Waals surface area contributed by atoms with E-state index in [1.807, 2.05) is 17.0 Å². The normalized spacial score (nSPS) is 19.7. The maximum absolute atomic E-state index is 12.5. The van der Waals surface area contributed by atoms with Gasteiger partial charge in [0, 0.05) is 18.7 Å². The molecule has 2 aromatic carbocycles. The van der Waals surface area contributed by atoms with Gasteiger partial charge in [0.15, 0.2) is 5.84 Å². The molecule has 2 aliphatic rings. The summed E-state index contributed by atoms with van der Waals surface area (Å²) in [4.78, 5) is 14.6. The maximum atomic E-state index is 12.5. The van der Waals surface area contributed by atoms with Gasteiger partial charge in [-0.05, 0) is 37.1 Å². The van der Waals surface area contributed by atoms with Crippen LogP contribution in [0.2, 0.25) is 5.02 Å². The van der Waals surface area contributed by atoms with E-state index in [2.05, 4.69) is 4.40 Å². The number of likely N-dealkylation sites (tertiary alicyclic amines) is 1. The highest BCUT2D eigenvalue weighted by Gasteiger charge is 2.35. The molecule has 0 radical (unpaired) electrons. The second-order valence-electron chi connectivity index (χ2n) is 7.12. The van der Waals surface area contributed by atoms with Gasteiger partial charge in [0.05, 0.1) is 10.9 Å². The number of hydrogen-bond donors (Lipinski definition) is 0. The molecule has 0 N–H and O–H groups in total. The molecule has 7 nitrogen and oxygen atoms in total. The van der Waals surface area contributed by atoms with E-state index >= 15 is 0 Å². The van der Waals surface area contributed by atoms with Gasteiger partial charge in [-0.2, -0.15) is 8.42 Å². The number of nitrogens with zero attached hydrogens (tertiary/aromatic N) is 2. The number of carbonyl (C=O) groups is 1. The Bertz CT molecular complexity index is 1090. The summed E-state index contributed by atoms with van der Waals surface area (Å²) in [5.41, 5.74) is 0.583. The highest BCUT2D eigenvalue weighted by Crippen LogP contribution is 2.30. The van der Waals surface area contributed by atoms with Crippen molar-refractivity contribution < 1.29 is 22.7 Å². The topological polar surface area (TPSA) is 85.3 Å². The van der Waals surface area contributed by atoms with E-state index in [4.69, 9.17) is 21.1 Å². The smallest absolute Gasteiger partial charge is 0.310 e. The molecule has 1 atom stereocenters. The van der Waals surface area contributed by atoms with Crippen molar-refractivity contribution >= 4 is 33.4 Å². The van der Waals surface area contributed by atoms with E-state index in [-0.39, 0.29) is 30.0 Å². The van der Waals surface area contributed by atoms with E-state index in [9.17, 15) is 13.2 Å². The molecule has 0 spiro atoms. The molecule has 1 saturated heterocycles. The van der Waals surface area contributed by atoms with Crippen molar-refractivity contribution in [2.24, 2.45) is 10.3 Å². The molecule has 0 saturated carbocycles. The molecule has 0 aliphatic carbocycles. The molecule has 2 aliphatic heterocycles. The molecule has 0 aromatic heterocycles. The lowest BCUT2D eigenvalue weighted by Crippen LogP contribution is -2.43. The van der Waals surface area contributed by atoms with Gasteiger partial charge in [0.2, 0.25) is 0 Å². The van der Waals surface area contributed by atoms with E-state index in [0.717, 1.165) is 6.42 Å². The van der Waals surface area contributed by atoms with Crippen LogP contribution in [0.25, 0.3) is 0 Å². The Balaban J connectivity index is 1.34. The first-order valence-corrected chi connectivity index (χ1v) is 11.5. The second kappa shape index (κ2) is 8.65. The van der Waals surface area contributed by atoms with Crippen LogP contribution in [0.5, 0.6) is 5.75 Å². The van der Waals surface area contributed by atoms with Crippen LogP contribution >= 0.6 is 11.6 Å². The fourth-order valence-corrected chi connectivity index (χ4v) is 5.07. The third kappa shape index (κ3) is 4.29. The standard InChI is InChI=1S/C21H21ClN2O5S/c22-17-8-2-3-9-18(17)28-12-13-29-21(25)15-6-5-11-24(14-15)20-16-7-1-4-10-19(16)30(26,27)23-20/h1-4,7-10,15H,5-6,11-14H2. The van der Waals surface area contributed by atoms with Crippen LogP contribution in [-0.4, -0.2) is 51.4 Å². The van der Waals surface area contributed by atoms with Gasteiger partial charge < -0.3 is 14.4 Å². The van der Waals surface area contributed by atoms with Crippen molar-refractivity contribution in [1.29, 1.82) is 0 Å². The monoisotopic (exact) mass is 448 g/mol. The van der Waals surface area contributed by atoms with Gasteiger partial charge >= 0.3 is 5.97 Å². The Morgan fingerprint density at radius 3 is 2.73 bits per heavy atom. The number of fused-ring (bicyclic) bond motifs is 1. The molecule has 2 heterocycles. The molecule has 1 fully saturated rings. The van der Waals surface area contributed by atoms with E-state index in [1.54, 1.807) is 36.4 Å². The number of para-hydroxylation sites is 1. The van der Waals surface area contributed by atoms with Crippen LogP contribution in [0.4, 0.5) is 0 Å². The van der Waals surface area contributed by atoms with Gasteiger partial charge in [-0.3, -0.25) is 4.79 Å². The minimum Gasteiger partial charge on any atom is -0.488 e. The number of rotatable bonds is 5. The van der Waals surface area contributed by atoms with Gasteiger partial charge in [0.25, 0.3) is 10.0 Å². The highest BCUT2D eigenvalue weighted by atomic mass is 35.5. The molecule has 1 unspecified atom stereocenters. The third-order valence-corrected chi connectivity index (χ3v) is 6.73. The summed E-state index contributed by atoms with van der Waals surface area (Å²) in [5.74, 6) is 0.276. The fourth-order valence-electron chi connectivity index (χ4n) is 3.65. The van der Waals surface area contributed by atoms with Crippen LogP contribution in [0.1, 0.15) is 18.4 Å². The maximum Gasteiger partial charge on any atom is 0.310 e. The zero-order valence-electron chi connectivity index (χ0n) is 16.2. The first-order chi connectivity index (χ1) is 14.5. The van der Waals surface area contributed by atoms with Crippen molar-refractivity contribution in [3.8, 4) is 5.75 Å². The van der Waals surface area contributed by atoms with Gasteiger partial charge in [-0.1, -0.05) is 35.9 Å². The van der Waals surface area contributed by atoms with Crippen molar-refractivity contribution in [2.75, 3.05) is 26.3 Å². The number of ether oxygens (including phenoxy) is 2. The summed E-state index contributed by atoms with van der Waals surface area (Å²) in [6.45, 7) is 1.32. The van der Waals surface area contributed by atoms with Crippen LogP contribution in [0, 0.1) is 5.92 Å². The Kier molecular flexibility index (Phi) is 5.97. The number of esters is 1. The number of amidine groups is 1. The summed E-state index contributed by atoms with van der Waals surface area (Å²) in [5, 5.41) is 0.499. The third-order valence-electron chi connectivity index (χ3n) is 5.09. The molecular formula is C21H21ClN2O5S. The number of benzene rings is 2. The number of halogens is 1. The van der Waals surface area contributed by atoms with Crippen molar-refractivity contribution in [3.63, 3.8) is 0 Å². The Hall–Kier alpha value is -2.58. The largest absolute Gasteiger partial charge is 0.488 e. The molecule has 2 aromatic rings. The fraction of sp³-hybridized carbons (Fsp3) is 0.333. The Morgan fingerprint density at radius 1 is 1.13 bits per heavy atom. The first-order valence-electron chi connectivity index (χ1n) is 9.69. The lowest BCUT2D eigenvalue weighted by Gasteiger charge is -2.32. The predicted molar refractivity (Wildman–Crippen MR) is 112 cm³/mol. The van der Waals surface area contributed by atoms with Crippen molar-refractivity contribution in [3.05, 3.63) is 59.1 Å². The van der Waals surface area contributed by atoms with E-state index in [0.29, 0.717) is 41.7 Å². The lowest BCUT2D eigenvalue weighted by molar-refractivity contribution is -0.150. The SMILES string of the molecule is O=C(OCCOc1ccccc1Cl)C1CCCN(C2=NS(=O)(=O)c3ccccc32)C1.